The van der Waals surface area contributed by atoms with Crippen LogP contribution in [0, 0.1) is 0 Å². The van der Waals surface area contributed by atoms with Crippen LogP contribution in [0.2, 0.25) is 0 Å². The molecule has 0 aliphatic heterocycles. The Morgan fingerprint density at radius 2 is 0.964 bits per heavy atom. The fraction of sp³-hybridized carbons (Fsp3) is 0. The summed E-state index contributed by atoms with van der Waals surface area (Å²) in [5, 5.41) is 3.40. The van der Waals surface area contributed by atoms with Crippen LogP contribution < -0.4 is 0 Å². The van der Waals surface area contributed by atoms with Gasteiger partial charge in [-0.3, -0.25) is 0 Å². The molecule has 0 aliphatic rings. The molecule has 0 atom stereocenters. The topological polar surface area (TPSA) is 77.6 Å². The molecule has 6 nitrogen and oxygen atoms in total. The van der Waals surface area contributed by atoms with Crippen molar-refractivity contribution in [1.29, 1.82) is 0 Å². The third-order valence-corrected chi connectivity index (χ3v) is 12.2. The van der Waals surface area contributed by atoms with E-state index >= 15 is 0 Å². The lowest BCUT2D eigenvalue weighted by molar-refractivity contribution is 0.621. The van der Waals surface area contributed by atoms with Gasteiger partial charge in [0.2, 0.25) is 5.89 Å². The normalized spacial score (nSPS) is 11.6. The average molecular weight is 742 g/mol. The molecule has 0 unspecified atom stereocenters. The van der Waals surface area contributed by atoms with Gasteiger partial charge < -0.3 is 4.42 Å². The van der Waals surface area contributed by atoms with Crippen LogP contribution in [-0.2, 0) is 0 Å². The summed E-state index contributed by atoms with van der Waals surface area (Å²) in [6.07, 6.45) is 0. The van der Waals surface area contributed by atoms with Gasteiger partial charge in [-0.15, -0.1) is 22.7 Å². The van der Waals surface area contributed by atoms with Crippen LogP contribution >= 0.6 is 22.7 Å². The Morgan fingerprint density at radius 1 is 0.382 bits per heavy atom. The van der Waals surface area contributed by atoms with Gasteiger partial charge >= 0.3 is 0 Å². The average Bonchev–Trinajstić information content (AvgIpc) is 3.99. The minimum atomic E-state index is 0.630. The zero-order valence-electron chi connectivity index (χ0n) is 29.0. The molecule has 7 aromatic carbocycles. The third kappa shape index (κ3) is 5.58. The molecule has 0 bridgehead atoms. The number of hydrogen-bond acceptors (Lipinski definition) is 8. The number of thiophene rings is 1. The molecule has 0 radical (unpaired) electrons. The first-order chi connectivity index (χ1) is 27.2. The van der Waals surface area contributed by atoms with Gasteiger partial charge in [0.05, 0.1) is 15.8 Å². The van der Waals surface area contributed by atoms with E-state index < -0.39 is 0 Å². The van der Waals surface area contributed by atoms with E-state index in [2.05, 4.69) is 78.9 Å². The van der Waals surface area contributed by atoms with Crippen molar-refractivity contribution >= 4 is 64.2 Å². The number of rotatable bonds is 6. The fourth-order valence-corrected chi connectivity index (χ4v) is 9.47. The molecular formula is C47H27N5OS2. The first-order valence-corrected chi connectivity index (χ1v) is 19.5. The number of benzene rings is 7. The van der Waals surface area contributed by atoms with Gasteiger partial charge in [0.1, 0.15) is 10.5 Å². The molecule has 0 N–H and O–H groups in total. The van der Waals surface area contributed by atoms with Crippen molar-refractivity contribution in [2.45, 2.75) is 0 Å². The maximum Gasteiger partial charge on any atom is 0.228 e. The lowest BCUT2D eigenvalue weighted by Gasteiger charge is -2.08. The largest absolute Gasteiger partial charge is 0.436 e. The predicted octanol–water partition coefficient (Wildman–Crippen LogP) is 13.0. The van der Waals surface area contributed by atoms with Crippen LogP contribution in [-0.4, -0.2) is 24.9 Å². The third-order valence-electron chi connectivity index (χ3n) is 9.84. The summed E-state index contributed by atoms with van der Waals surface area (Å²) in [6.45, 7) is 0. The lowest BCUT2D eigenvalue weighted by Crippen LogP contribution is -1.99. The van der Waals surface area contributed by atoms with Crippen molar-refractivity contribution < 1.29 is 4.42 Å². The van der Waals surface area contributed by atoms with E-state index in [9.17, 15) is 0 Å². The summed E-state index contributed by atoms with van der Waals surface area (Å²) in [4.78, 5) is 24.6. The van der Waals surface area contributed by atoms with E-state index in [0.29, 0.717) is 23.4 Å². The maximum atomic E-state index is 6.20. The Kier molecular flexibility index (Phi) is 7.43. The van der Waals surface area contributed by atoms with Crippen LogP contribution in [0.5, 0.6) is 0 Å². The molecule has 0 fully saturated rings. The van der Waals surface area contributed by atoms with Crippen molar-refractivity contribution in [2.24, 2.45) is 0 Å². The molecule has 0 aliphatic carbocycles. The van der Waals surface area contributed by atoms with Crippen molar-refractivity contribution in [3.05, 3.63) is 164 Å². The number of hydrogen-bond donors (Lipinski definition) is 0. The molecule has 258 valence electrons. The number of fused-ring (bicyclic) bond motifs is 5. The van der Waals surface area contributed by atoms with Gasteiger partial charge in [0, 0.05) is 42.4 Å². The molecule has 55 heavy (non-hydrogen) atoms. The van der Waals surface area contributed by atoms with E-state index in [-0.39, 0.29) is 0 Å². The van der Waals surface area contributed by atoms with Gasteiger partial charge in [-0.2, -0.15) is 0 Å². The quantitative estimate of drug-likeness (QED) is 0.169. The van der Waals surface area contributed by atoms with Crippen molar-refractivity contribution in [3.63, 3.8) is 0 Å². The Labute approximate surface area is 323 Å². The number of aromatic nitrogens is 5. The number of nitrogens with zero attached hydrogens (tertiary/aromatic N) is 5. The van der Waals surface area contributed by atoms with Crippen molar-refractivity contribution in [3.8, 4) is 67.3 Å². The molecule has 0 spiro atoms. The van der Waals surface area contributed by atoms with Crippen LogP contribution in [0.25, 0.3) is 109 Å². The number of oxazole rings is 1. The van der Waals surface area contributed by atoms with E-state index in [1.807, 2.05) is 84.9 Å². The van der Waals surface area contributed by atoms with E-state index in [4.69, 9.17) is 29.3 Å². The van der Waals surface area contributed by atoms with Crippen LogP contribution in [0.1, 0.15) is 0 Å². The molecule has 4 aromatic heterocycles. The Bertz CT molecular complexity index is 3110. The Balaban J connectivity index is 0.938. The molecule has 11 rings (SSSR count). The van der Waals surface area contributed by atoms with Gasteiger partial charge in [-0.05, 0) is 47.5 Å². The minimum absolute atomic E-state index is 0.630. The van der Waals surface area contributed by atoms with Gasteiger partial charge in [0.25, 0.3) is 0 Å². The summed E-state index contributed by atoms with van der Waals surface area (Å²) in [7, 11) is 0. The van der Waals surface area contributed by atoms with Crippen LogP contribution in [0.15, 0.2) is 168 Å². The monoisotopic (exact) mass is 741 g/mol. The summed E-state index contributed by atoms with van der Waals surface area (Å²) >= 11 is 3.47. The highest BCUT2D eigenvalue weighted by Gasteiger charge is 2.18. The van der Waals surface area contributed by atoms with Gasteiger partial charge in [0.15, 0.2) is 23.1 Å². The molecule has 11 aromatic rings. The molecule has 0 saturated heterocycles. The second-order valence-corrected chi connectivity index (χ2v) is 15.3. The molecule has 0 amide bonds. The summed E-state index contributed by atoms with van der Waals surface area (Å²) in [5.74, 6) is 2.56. The first kappa shape index (κ1) is 31.6. The number of para-hydroxylation sites is 2. The van der Waals surface area contributed by atoms with Gasteiger partial charge in [-0.1, -0.05) is 127 Å². The van der Waals surface area contributed by atoms with E-state index in [1.165, 1.54) is 25.7 Å². The van der Waals surface area contributed by atoms with Crippen molar-refractivity contribution in [2.75, 3.05) is 0 Å². The zero-order chi connectivity index (χ0) is 36.3. The lowest BCUT2D eigenvalue weighted by atomic mass is 10.0. The van der Waals surface area contributed by atoms with E-state index in [1.54, 1.807) is 22.7 Å². The van der Waals surface area contributed by atoms with Gasteiger partial charge in [-0.25, -0.2) is 24.9 Å². The highest BCUT2D eigenvalue weighted by atomic mass is 32.1. The fourth-order valence-electron chi connectivity index (χ4n) is 7.12. The Morgan fingerprint density at radius 3 is 1.65 bits per heavy atom. The van der Waals surface area contributed by atoms with Crippen LogP contribution in [0.3, 0.4) is 0 Å². The molecular weight excluding hydrogens is 715 g/mol. The first-order valence-electron chi connectivity index (χ1n) is 17.9. The SMILES string of the molecule is c1ccc(-c2nc(-c3ccccc3)nc(-c3ccc4nc(-c5ccc(-c6cccc7c6sc6c(-c8nc9ccccc9o8)cccc67)cc5)sc4c3)n2)cc1. The second-order valence-electron chi connectivity index (χ2n) is 13.3. The molecule has 8 heteroatoms. The molecule has 0 saturated carbocycles. The summed E-state index contributed by atoms with van der Waals surface area (Å²) < 4.78 is 9.69. The highest BCUT2D eigenvalue weighted by Crippen LogP contribution is 2.44. The summed E-state index contributed by atoms with van der Waals surface area (Å²) in [6, 6.07) is 56.0. The standard InChI is InChI=1S/C47H27N5OS2/c1-3-11-29(12-4-1)43-50-44(30-13-5-2-6-14-30)52-45(51-43)32-25-26-38-40(27-32)54-47(49-38)31-23-21-28(22-24-31)33-15-9-16-34-35-17-10-18-36(42(35)55-41(33)34)46-48-37-19-7-8-20-39(37)53-46/h1-27H. The highest BCUT2D eigenvalue weighted by molar-refractivity contribution is 7.26. The zero-order valence-corrected chi connectivity index (χ0v) is 30.7. The number of thiazole rings is 1. The maximum absolute atomic E-state index is 6.20. The minimum Gasteiger partial charge on any atom is -0.436 e. The smallest absolute Gasteiger partial charge is 0.228 e. The van der Waals surface area contributed by atoms with E-state index in [0.717, 1.165) is 59.7 Å². The second kappa shape index (κ2) is 12.9. The van der Waals surface area contributed by atoms with Crippen LogP contribution in [0.4, 0.5) is 0 Å². The molecule has 4 heterocycles. The van der Waals surface area contributed by atoms with Crippen molar-refractivity contribution in [1.82, 2.24) is 24.9 Å². The predicted molar refractivity (Wildman–Crippen MR) is 226 cm³/mol. The Hall–Kier alpha value is -6.87. The summed E-state index contributed by atoms with van der Waals surface area (Å²) in [5.41, 5.74) is 9.86.